The molecule has 0 bridgehead atoms. The van der Waals surface area contributed by atoms with Gasteiger partial charge < -0.3 is 0 Å². The first-order chi connectivity index (χ1) is 13.3. The molecule has 0 amide bonds. The molecule has 29 heavy (non-hydrogen) atoms. The van der Waals surface area contributed by atoms with E-state index in [1.807, 2.05) is 27.7 Å². The quantitative estimate of drug-likeness (QED) is 0.351. The van der Waals surface area contributed by atoms with E-state index in [1.165, 1.54) is 18.3 Å². The Morgan fingerprint density at radius 2 is 1.41 bits per heavy atom. The Morgan fingerprint density at radius 1 is 0.931 bits per heavy atom. The number of nitrogens with zero attached hydrogens (tertiary/aromatic N) is 1. The Morgan fingerprint density at radius 3 is 1.79 bits per heavy atom. The van der Waals surface area contributed by atoms with E-state index in [4.69, 9.17) is 11.6 Å². The van der Waals surface area contributed by atoms with Crippen molar-refractivity contribution in [2.24, 2.45) is 5.41 Å². The molecule has 0 aliphatic carbocycles. The average Bonchev–Trinajstić information content (AvgIpc) is 2.62. The lowest BCUT2D eigenvalue weighted by atomic mass is 10.0. The van der Waals surface area contributed by atoms with E-state index in [2.05, 4.69) is 32.7 Å². The summed E-state index contributed by atoms with van der Waals surface area (Å²) in [4.78, 5) is 15.6. The molecule has 0 radical (unpaired) electrons. The van der Waals surface area contributed by atoms with Gasteiger partial charge in [0.2, 0.25) is 5.78 Å². The minimum absolute atomic E-state index is 0.117. The molecular formula is C22H30ClF4NO. The molecule has 164 valence electrons. The first-order valence-electron chi connectivity index (χ1n) is 9.31. The summed E-state index contributed by atoms with van der Waals surface area (Å²) in [5, 5.41) is 0.275. The van der Waals surface area contributed by atoms with Crippen LogP contribution < -0.4 is 0 Å². The van der Waals surface area contributed by atoms with Crippen LogP contribution in [0.2, 0.25) is 5.02 Å². The highest BCUT2D eigenvalue weighted by atomic mass is 35.5. The fraction of sp³-hybridized carbons (Fsp3) is 0.455. The van der Waals surface area contributed by atoms with Gasteiger partial charge in [0.1, 0.15) is 11.5 Å². The molecule has 0 saturated carbocycles. The Bertz CT molecular complexity index is 730. The number of alkyl halides is 3. The molecule has 2 aromatic rings. The van der Waals surface area contributed by atoms with Gasteiger partial charge in [-0.15, -0.1) is 0 Å². The number of hydrogen-bond acceptors (Lipinski definition) is 2. The standard InChI is InChI=1S/C13H6ClF4NO.C5H12.2C2H6/c14-9-1-2-11(19-6-9)12(20)7-3-8(13(16,17)18)5-10(15)4-7;1-5(2,3)4;2*1-2/h1-6H;1-4H3;2*1-2H3. The van der Waals surface area contributed by atoms with Crippen LogP contribution in [0.5, 0.6) is 0 Å². The number of carbonyl (C=O) groups excluding carboxylic acids is 1. The fourth-order valence-corrected chi connectivity index (χ4v) is 1.65. The SMILES string of the molecule is CC.CC.CC(C)(C)C.O=C(c1cc(F)cc(C(F)(F)F)c1)c1ccc(Cl)cn1. The van der Waals surface area contributed by atoms with Crippen molar-refractivity contribution in [3.05, 3.63) is 64.2 Å². The van der Waals surface area contributed by atoms with Gasteiger partial charge >= 0.3 is 6.18 Å². The van der Waals surface area contributed by atoms with Crippen molar-refractivity contribution < 1.29 is 22.4 Å². The van der Waals surface area contributed by atoms with Crippen molar-refractivity contribution in [3.63, 3.8) is 0 Å². The minimum atomic E-state index is -4.73. The third kappa shape index (κ3) is 13.0. The summed E-state index contributed by atoms with van der Waals surface area (Å²) < 4.78 is 50.9. The molecule has 1 heterocycles. The van der Waals surface area contributed by atoms with Crippen LogP contribution >= 0.6 is 11.6 Å². The molecule has 1 aromatic carbocycles. The van der Waals surface area contributed by atoms with Gasteiger partial charge in [0.25, 0.3) is 0 Å². The van der Waals surface area contributed by atoms with E-state index in [0.717, 1.165) is 6.07 Å². The van der Waals surface area contributed by atoms with Gasteiger partial charge in [-0.05, 0) is 35.7 Å². The van der Waals surface area contributed by atoms with Crippen LogP contribution in [0, 0.1) is 11.2 Å². The Hall–Kier alpha value is -1.95. The number of pyridine rings is 1. The zero-order chi connectivity index (χ0) is 23.4. The van der Waals surface area contributed by atoms with Gasteiger partial charge in [-0.25, -0.2) is 4.39 Å². The summed E-state index contributed by atoms with van der Waals surface area (Å²) >= 11 is 5.59. The summed E-state index contributed by atoms with van der Waals surface area (Å²) in [7, 11) is 0. The Kier molecular flexibility index (Phi) is 13.4. The van der Waals surface area contributed by atoms with E-state index in [1.54, 1.807) is 0 Å². The highest BCUT2D eigenvalue weighted by Gasteiger charge is 2.32. The molecule has 0 saturated heterocycles. The van der Waals surface area contributed by atoms with Gasteiger partial charge in [0.05, 0.1) is 10.6 Å². The third-order valence-corrected chi connectivity index (χ3v) is 2.67. The van der Waals surface area contributed by atoms with Crippen LogP contribution in [0.25, 0.3) is 0 Å². The molecule has 7 heteroatoms. The maximum absolute atomic E-state index is 13.2. The predicted octanol–water partition coefficient (Wildman–Crippen LogP) is 8.23. The van der Waals surface area contributed by atoms with Gasteiger partial charge in [-0.1, -0.05) is 67.0 Å². The highest BCUT2D eigenvalue weighted by Crippen LogP contribution is 2.30. The molecule has 0 aliphatic rings. The van der Waals surface area contributed by atoms with E-state index < -0.39 is 28.9 Å². The molecule has 0 atom stereocenters. The van der Waals surface area contributed by atoms with E-state index in [-0.39, 0.29) is 10.7 Å². The van der Waals surface area contributed by atoms with Crippen LogP contribution in [0.15, 0.2) is 36.5 Å². The molecule has 2 rings (SSSR count). The van der Waals surface area contributed by atoms with Gasteiger partial charge in [-0.2, -0.15) is 13.2 Å². The maximum Gasteiger partial charge on any atom is 0.416 e. The van der Waals surface area contributed by atoms with E-state index in [9.17, 15) is 22.4 Å². The average molecular weight is 436 g/mol. The number of hydrogen-bond donors (Lipinski definition) is 0. The second-order valence-electron chi connectivity index (χ2n) is 6.92. The lowest BCUT2D eigenvalue weighted by molar-refractivity contribution is -0.137. The minimum Gasteiger partial charge on any atom is -0.287 e. The van der Waals surface area contributed by atoms with Crippen LogP contribution in [-0.2, 0) is 6.18 Å². The maximum atomic E-state index is 13.2. The molecule has 2 nitrogen and oxygen atoms in total. The van der Waals surface area contributed by atoms with Crippen molar-refractivity contribution in [1.82, 2.24) is 4.98 Å². The number of ketones is 1. The highest BCUT2D eigenvalue weighted by molar-refractivity contribution is 6.30. The zero-order valence-corrected chi connectivity index (χ0v) is 19.0. The van der Waals surface area contributed by atoms with Crippen LogP contribution in [-0.4, -0.2) is 10.8 Å². The number of halogens is 5. The largest absolute Gasteiger partial charge is 0.416 e. The molecule has 1 aromatic heterocycles. The van der Waals surface area contributed by atoms with E-state index >= 15 is 0 Å². The summed E-state index contributed by atoms with van der Waals surface area (Å²) in [5.74, 6) is -1.95. The lowest BCUT2D eigenvalue weighted by Gasteiger charge is -2.08. The summed E-state index contributed by atoms with van der Waals surface area (Å²) in [6.07, 6.45) is -3.55. The van der Waals surface area contributed by atoms with Crippen LogP contribution in [0.1, 0.15) is 77.0 Å². The normalized spacial score (nSPS) is 10.4. The van der Waals surface area contributed by atoms with E-state index in [0.29, 0.717) is 17.5 Å². The molecular weight excluding hydrogens is 406 g/mol. The predicted molar refractivity (Wildman–Crippen MR) is 112 cm³/mol. The molecule has 0 fully saturated rings. The molecule has 0 spiro atoms. The van der Waals surface area contributed by atoms with Crippen LogP contribution in [0.4, 0.5) is 17.6 Å². The lowest BCUT2D eigenvalue weighted by Crippen LogP contribution is -2.10. The number of aromatic nitrogens is 1. The van der Waals surface area contributed by atoms with Gasteiger partial charge in [0.15, 0.2) is 0 Å². The van der Waals surface area contributed by atoms with Gasteiger partial charge in [0, 0.05) is 11.8 Å². The third-order valence-electron chi connectivity index (χ3n) is 2.45. The molecule has 0 unspecified atom stereocenters. The van der Waals surface area contributed by atoms with Gasteiger partial charge in [-0.3, -0.25) is 9.78 Å². The Balaban J connectivity index is 0. The fourth-order valence-electron chi connectivity index (χ4n) is 1.54. The summed E-state index contributed by atoms with van der Waals surface area (Å²) in [6.45, 7) is 16.8. The van der Waals surface area contributed by atoms with Crippen molar-refractivity contribution >= 4 is 17.4 Å². The van der Waals surface area contributed by atoms with Crippen molar-refractivity contribution in [3.8, 4) is 0 Å². The van der Waals surface area contributed by atoms with Crippen molar-refractivity contribution in [2.75, 3.05) is 0 Å². The smallest absolute Gasteiger partial charge is 0.287 e. The first-order valence-corrected chi connectivity index (χ1v) is 9.69. The molecule has 0 N–H and O–H groups in total. The second-order valence-corrected chi connectivity index (χ2v) is 7.35. The molecule has 0 aliphatic heterocycles. The first kappa shape index (κ1) is 29.3. The summed E-state index contributed by atoms with van der Waals surface area (Å²) in [6, 6.07) is 4.26. The topological polar surface area (TPSA) is 30.0 Å². The monoisotopic (exact) mass is 435 g/mol. The van der Waals surface area contributed by atoms with Crippen molar-refractivity contribution in [1.29, 1.82) is 0 Å². The Labute approximate surface area is 176 Å². The zero-order valence-electron chi connectivity index (χ0n) is 18.2. The van der Waals surface area contributed by atoms with Crippen LogP contribution in [0.3, 0.4) is 0 Å². The number of rotatable bonds is 2. The number of carbonyl (C=O) groups is 1. The number of benzene rings is 1. The van der Waals surface area contributed by atoms with Crippen molar-refractivity contribution in [2.45, 2.75) is 61.6 Å². The summed E-state index contributed by atoms with van der Waals surface area (Å²) in [5.41, 5.74) is -1.27. The second kappa shape index (κ2) is 13.3.